The summed E-state index contributed by atoms with van der Waals surface area (Å²) in [5.41, 5.74) is 5.97. The van der Waals surface area contributed by atoms with Gasteiger partial charge in [-0.3, -0.25) is 4.90 Å². The van der Waals surface area contributed by atoms with E-state index in [4.69, 9.17) is 0 Å². The summed E-state index contributed by atoms with van der Waals surface area (Å²) in [6.45, 7) is 26.5. The number of Topliss-reactive ketones (excluding diaryl/α,β-unsaturated/α-hetero) is 1. The molecule has 4 nitrogen and oxygen atoms in total. The minimum atomic E-state index is 0.167. The number of ketones is 1. The number of hydrogen-bond donors (Lipinski definition) is 0. The molecule has 1 aliphatic carbocycles. The lowest BCUT2D eigenvalue weighted by Gasteiger charge is -2.20. The summed E-state index contributed by atoms with van der Waals surface area (Å²) in [7, 11) is 2.12. The van der Waals surface area contributed by atoms with E-state index in [1.807, 2.05) is 19.9 Å². The molecule has 0 amide bonds. The lowest BCUT2D eigenvalue weighted by atomic mass is 9.90. The summed E-state index contributed by atoms with van der Waals surface area (Å²) < 4.78 is 0. The van der Waals surface area contributed by atoms with Gasteiger partial charge in [0.15, 0.2) is 0 Å². The van der Waals surface area contributed by atoms with Crippen molar-refractivity contribution in [2.75, 3.05) is 26.7 Å². The number of carbonyl (C=O) groups is 2. The van der Waals surface area contributed by atoms with E-state index in [0.717, 1.165) is 25.3 Å². The molecule has 45 heavy (non-hydrogen) atoms. The molecule has 1 saturated heterocycles. The monoisotopic (exact) mass is 625 g/mol. The molecule has 2 unspecified atom stereocenters. The highest BCUT2D eigenvalue weighted by Crippen LogP contribution is 2.43. The topological polar surface area (TPSA) is 40.6 Å². The van der Waals surface area contributed by atoms with Gasteiger partial charge in [0.05, 0.1) is 6.54 Å². The normalized spacial score (nSPS) is 17.4. The molecule has 0 aromatic heterocycles. The highest BCUT2D eigenvalue weighted by Gasteiger charge is 2.33. The van der Waals surface area contributed by atoms with Crippen molar-refractivity contribution >= 4 is 12.1 Å². The second-order valence-corrected chi connectivity index (χ2v) is 12.2. The van der Waals surface area contributed by atoms with Crippen molar-refractivity contribution < 1.29 is 9.59 Å². The molecule has 2 aliphatic rings. The van der Waals surface area contributed by atoms with E-state index in [0.29, 0.717) is 18.5 Å². The number of benzene rings is 1. The van der Waals surface area contributed by atoms with Gasteiger partial charge in [0, 0.05) is 31.9 Å². The van der Waals surface area contributed by atoms with Crippen molar-refractivity contribution in [1.29, 1.82) is 0 Å². The lowest BCUT2D eigenvalue weighted by molar-refractivity contribution is -0.115. The largest absolute Gasteiger partial charge is 0.375 e. The standard InChI is InChI=1S/C21H31NO.C12H21N.C3H6O.C3H8.C2H6/c1-3-5-18-13-17(9-10-21(18)16-7-8-16)19-14-20(6-4-2)22(15-19)11-12-23;1-5-8-10-12(7-3)13(4)11-9-6-2;1-3(2)4;1-3-2;1-2/h9-10,12-13,16,19-20H,3-8,11,14-15H2,1-2H3;5,7-8,10H,1,6,9,11H2,2-4H3;1-2H3;3H2,1-2H3;1-2H3/b;10-8-,12-7+;;;. The summed E-state index contributed by atoms with van der Waals surface area (Å²) in [5.74, 6) is 1.61. The van der Waals surface area contributed by atoms with Crippen LogP contribution < -0.4 is 0 Å². The fourth-order valence-electron chi connectivity index (χ4n) is 5.47. The molecule has 0 N–H and O–H groups in total. The fourth-order valence-corrected chi connectivity index (χ4v) is 5.47. The van der Waals surface area contributed by atoms with Gasteiger partial charge in [0.1, 0.15) is 12.1 Å². The first kappa shape index (κ1) is 44.7. The van der Waals surface area contributed by atoms with Crippen molar-refractivity contribution in [3.63, 3.8) is 0 Å². The first-order chi connectivity index (χ1) is 21.7. The lowest BCUT2D eigenvalue weighted by Crippen LogP contribution is -2.31. The van der Waals surface area contributed by atoms with E-state index < -0.39 is 0 Å². The molecule has 1 saturated carbocycles. The third kappa shape index (κ3) is 20.3. The Morgan fingerprint density at radius 1 is 1.02 bits per heavy atom. The SMILES string of the molecule is C=C/C=C\C(=C/C)N(C)CCCC.CC.CC(C)=O.CCC.CCCc1cc(C2CC(CCC)N(CC=O)C2)ccc1C1CC1. The van der Waals surface area contributed by atoms with E-state index >= 15 is 0 Å². The Labute approximate surface area is 280 Å². The number of carbonyl (C=O) groups excluding carboxylic acids is 2. The number of hydrogen-bond acceptors (Lipinski definition) is 4. The van der Waals surface area contributed by atoms with Crippen LogP contribution in [-0.4, -0.2) is 54.6 Å². The van der Waals surface area contributed by atoms with Gasteiger partial charge in [-0.25, -0.2) is 0 Å². The van der Waals surface area contributed by atoms with E-state index in [-0.39, 0.29) is 5.78 Å². The van der Waals surface area contributed by atoms with Crippen LogP contribution in [0.5, 0.6) is 0 Å². The third-order valence-electron chi connectivity index (χ3n) is 7.62. The maximum absolute atomic E-state index is 11.0. The van der Waals surface area contributed by atoms with Gasteiger partial charge in [0.25, 0.3) is 0 Å². The smallest absolute Gasteiger partial charge is 0.133 e. The predicted octanol–water partition coefficient (Wildman–Crippen LogP) is 11.1. The molecule has 0 bridgehead atoms. The highest BCUT2D eigenvalue weighted by molar-refractivity contribution is 5.72. The molecule has 0 spiro atoms. The molecule has 258 valence electrons. The molecule has 1 heterocycles. The zero-order valence-corrected chi connectivity index (χ0v) is 31.5. The minimum absolute atomic E-state index is 0.167. The molecule has 0 radical (unpaired) electrons. The summed E-state index contributed by atoms with van der Waals surface area (Å²) in [6, 6.07) is 7.88. The number of unbranched alkanes of at least 4 members (excludes halogenated alkanes) is 1. The quantitative estimate of drug-likeness (QED) is 0.152. The number of likely N-dealkylation sites (tertiary alicyclic amines) is 1. The number of nitrogens with zero attached hydrogens (tertiary/aromatic N) is 2. The van der Waals surface area contributed by atoms with Crippen molar-refractivity contribution in [3.05, 3.63) is 71.5 Å². The van der Waals surface area contributed by atoms with Gasteiger partial charge in [-0.05, 0) is 93.9 Å². The van der Waals surface area contributed by atoms with Crippen LogP contribution in [-0.2, 0) is 16.0 Å². The Hall–Kier alpha value is -2.46. The Balaban J connectivity index is 0. The van der Waals surface area contributed by atoms with Crippen LogP contribution in [0.15, 0.2) is 54.8 Å². The molecule has 1 aromatic rings. The van der Waals surface area contributed by atoms with Crippen LogP contribution in [0.3, 0.4) is 0 Å². The number of rotatable bonds is 14. The molecule has 1 aliphatic heterocycles. The number of aryl methyl sites for hydroxylation is 1. The van der Waals surface area contributed by atoms with Crippen LogP contribution in [0.4, 0.5) is 0 Å². The number of aldehydes is 1. The van der Waals surface area contributed by atoms with Gasteiger partial charge in [0.2, 0.25) is 0 Å². The maximum atomic E-state index is 11.0. The van der Waals surface area contributed by atoms with E-state index in [1.165, 1.54) is 89.3 Å². The maximum Gasteiger partial charge on any atom is 0.133 e. The van der Waals surface area contributed by atoms with Gasteiger partial charge in [-0.2, -0.15) is 0 Å². The van der Waals surface area contributed by atoms with Crippen molar-refractivity contribution in [2.24, 2.45) is 0 Å². The molecule has 1 aromatic carbocycles. The van der Waals surface area contributed by atoms with E-state index in [9.17, 15) is 9.59 Å². The predicted molar refractivity (Wildman–Crippen MR) is 200 cm³/mol. The van der Waals surface area contributed by atoms with Gasteiger partial charge >= 0.3 is 0 Å². The van der Waals surface area contributed by atoms with Gasteiger partial charge < -0.3 is 14.5 Å². The molecule has 4 heteroatoms. The van der Waals surface area contributed by atoms with Crippen molar-refractivity contribution in [2.45, 2.75) is 151 Å². The van der Waals surface area contributed by atoms with Gasteiger partial charge in [-0.15, -0.1) is 0 Å². The first-order valence-electron chi connectivity index (χ1n) is 18.1. The van der Waals surface area contributed by atoms with Crippen LogP contribution in [0, 0.1) is 0 Å². The zero-order chi connectivity index (χ0) is 34.6. The summed E-state index contributed by atoms with van der Waals surface area (Å²) in [6.07, 6.45) is 21.6. The zero-order valence-electron chi connectivity index (χ0n) is 31.5. The fraction of sp³-hybridized carbons (Fsp3) is 0.659. The summed E-state index contributed by atoms with van der Waals surface area (Å²) in [5, 5.41) is 0. The Morgan fingerprint density at radius 2 is 1.64 bits per heavy atom. The van der Waals surface area contributed by atoms with Gasteiger partial charge in [-0.1, -0.05) is 117 Å². The average Bonchev–Trinajstić information content (AvgIpc) is 3.79. The second-order valence-electron chi connectivity index (χ2n) is 12.2. The molecular formula is C41H72N2O2. The van der Waals surface area contributed by atoms with E-state index in [2.05, 4.69) is 95.3 Å². The Bertz CT molecular complexity index is 956. The van der Waals surface area contributed by atoms with Crippen LogP contribution >= 0.6 is 0 Å². The second kappa shape index (κ2) is 29.0. The Kier molecular flexibility index (Phi) is 28.8. The van der Waals surface area contributed by atoms with Crippen LogP contribution in [0.2, 0.25) is 0 Å². The molecular weight excluding hydrogens is 552 g/mol. The van der Waals surface area contributed by atoms with Crippen molar-refractivity contribution in [3.8, 4) is 0 Å². The highest BCUT2D eigenvalue weighted by atomic mass is 16.1. The molecule has 2 atom stereocenters. The van der Waals surface area contributed by atoms with Crippen LogP contribution in [0.1, 0.15) is 156 Å². The molecule has 2 fully saturated rings. The first-order valence-corrected chi connectivity index (χ1v) is 18.1. The third-order valence-corrected chi connectivity index (χ3v) is 7.62. The summed E-state index contributed by atoms with van der Waals surface area (Å²) in [4.78, 5) is 25.1. The van der Waals surface area contributed by atoms with E-state index in [1.54, 1.807) is 17.2 Å². The minimum Gasteiger partial charge on any atom is -0.375 e. The van der Waals surface area contributed by atoms with Crippen LogP contribution in [0.25, 0.3) is 0 Å². The number of likely N-dealkylation sites (N-methyl/N-ethyl adjacent to an activating group) is 1. The number of allylic oxidation sites excluding steroid dienone is 4. The summed E-state index contributed by atoms with van der Waals surface area (Å²) >= 11 is 0. The Morgan fingerprint density at radius 3 is 2.11 bits per heavy atom. The average molecular weight is 625 g/mol. The molecule has 3 rings (SSSR count). The van der Waals surface area contributed by atoms with Crippen molar-refractivity contribution in [1.82, 2.24) is 9.80 Å².